The fraction of sp³-hybridized carbons (Fsp3) is 0.800. The maximum Gasteiger partial charge on any atom is 0.410 e. The molecule has 1 rings (SSSR count). The van der Waals surface area contributed by atoms with Gasteiger partial charge in [0.25, 0.3) is 0 Å². The Balaban J connectivity index is 2.46. The zero-order valence-electron chi connectivity index (χ0n) is 13.8. The van der Waals surface area contributed by atoms with Crippen LogP contribution >= 0.6 is 0 Å². The third-order valence-electron chi connectivity index (χ3n) is 3.38. The summed E-state index contributed by atoms with van der Waals surface area (Å²) in [6.45, 7) is 8.64. The standard InChI is InChI=1S/C15H26N2O5/c1-11-10-16(14(21)22-15(2,3)4)8-9-17(11)12(18)6-5-7-13(19)20/h11H,5-10H2,1-4H3,(H,19,20)/t11-/m0/s1. The summed E-state index contributed by atoms with van der Waals surface area (Å²) in [4.78, 5) is 37.9. The molecule has 126 valence electrons. The molecule has 0 aromatic carbocycles. The molecule has 1 saturated heterocycles. The van der Waals surface area contributed by atoms with Gasteiger partial charge in [-0.2, -0.15) is 0 Å². The minimum Gasteiger partial charge on any atom is -0.481 e. The average molecular weight is 314 g/mol. The normalized spacial score (nSPS) is 19.0. The summed E-state index contributed by atoms with van der Waals surface area (Å²) in [5, 5.41) is 8.59. The van der Waals surface area contributed by atoms with E-state index in [2.05, 4.69) is 0 Å². The summed E-state index contributed by atoms with van der Waals surface area (Å²) in [7, 11) is 0. The van der Waals surface area contributed by atoms with Crippen LogP contribution in [0.15, 0.2) is 0 Å². The number of aliphatic carboxylic acids is 1. The van der Waals surface area contributed by atoms with Gasteiger partial charge < -0.3 is 19.6 Å². The number of ether oxygens (including phenoxy) is 1. The van der Waals surface area contributed by atoms with Gasteiger partial charge >= 0.3 is 12.1 Å². The van der Waals surface area contributed by atoms with E-state index >= 15 is 0 Å². The van der Waals surface area contributed by atoms with Crippen molar-refractivity contribution in [3.05, 3.63) is 0 Å². The zero-order valence-corrected chi connectivity index (χ0v) is 13.8. The SMILES string of the molecule is C[C@H]1CN(C(=O)OC(C)(C)C)CCN1C(=O)CCCC(=O)O. The predicted molar refractivity (Wildman–Crippen MR) is 80.5 cm³/mol. The first-order valence-electron chi connectivity index (χ1n) is 7.59. The lowest BCUT2D eigenvalue weighted by Gasteiger charge is -2.40. The van der Waals surface area contributed by atoms with Crippen LogP contribution in [0.2, 0.25) is 0 Å². The molecule has 0 aromatic rings. The van der Waals surface area contributed by atoms with Gasteiger partial charge in [0.2, 0.25) is 5.91 Å². The van der Waals surface area contributed by atoms with Gasteiger partial charge in [-0.05, 0) is 34.1 Å². The van der Waals surface area contributed by atoms with Crippen LogP contribution in [0.4, 0.5) is 4.79 Å². The minimum atomic E-state index is -0.893. The first kappa shape index (κ1) is 18.3. The molecule has 1 N–H and O–H groups in total. The maximum atomic E-state index is 12.1. The number of amides is 2. The molecule has 1 heterocycles. The van der Waals surface area contributed by atoms with Crippen molar-refractivity contribution in [3.63, 3.8) is 0 Å². The lowest BCUT2D eigenvalue weighted by Crippen LogP contribution is -2.56. The van der Waals surface area contributed by atoms with Crippen LogP contribution in [0.5, 0.6) is 0 Å². The maximum absolute atomic E-state index is 12.1. The zero-order chi connectivity index (χ0) is 16.9. The Hall–Kier alpha value is -1.79. The molecule has 7 heteroatoms. The topological polar surface area (TPSA) is 87.2 Å². The van der Waals surface area contributed by atoms with Gasteiger partial charge in [0.05, 0.1) is 0 Å². The van der Waals surface area contributed by atoms with E-state index in [9.17, 15) is 14.4 Å². The molecule has 2 amide bonds. The molecule has 1 aliphatic heterocycles. The minimum absolute atomic E-state index is 0.00199. The molecule has 0 saturated carbocycles. The molecule has 1 aliphatic rings. The number of carbonyl (C=O) groups excluding carboxylic acids is 2. The van der Waals surface area contributed by atoms with Crippen molar-refractivity contribution in [2.45, 2.75) is 58.6 Å². The Morgan fingerprint density at radius 1 is 1.18 bits per heavy atom. The van der Waals surface area contributed by atoms with E-state index in [4.69, 9.17) is 9.84 Å². The number of hydrogen-bond acceptors (Lipinski definition) is 4. The van der Waals surface area contributed by atoms with E-state index in [1.807, 2.05) is 27.7 Å². The first-order valence-corrected chi connectivity index (χ1v) is 7.59. The van der Waals surface area contributed by atoms with E-state index in [0.717, 1.165) is 0 Å². The van der Waals surface area contributed by atoms with Crippen LogP contribution in [0.3, 0.4) is 0 Å². The number of piperazine rings is 1. The number of nitrogens with zero attached hydrogens (tertiary/aromatic N) is 2. The van der Waals surface area contributed by atoms with Gasteiger partial charge in [-0.1, -0.05) is 0 Å². The van der Waals surface area contributed by atoms with E-state index in [0.29, 0.717) is 26.1 Å². The lowest BCUT2D eigenvalue weighted by molar-refractivity contribution is -0.138. The largest absolute Gasteiger partial charge is 0.481 e. The third kappa shape index (κ3) is 5.91. The van der Waals surface area contributed by atoms with E-state index in [1.54, 1.807) is 9.80 Å². The summed E-state index contributed by atoms with van der Waals surface area (Å²) in [6.07, 6.45) is 0.200. The van der Waals surface area contributed by atoms with E-state index in [-0.39, 0.29) is 30.9 Å². The van der Waals surface area contributed by atoms with Crippen LogP contribution in [-0.4, -0.2) is 64.2 Å². The highest BCUT2D eigenvalue weighted by Gasteiger charge is 2.31. The number of rotatable bonds is 4. The van der Waals surface area contributed by atoms with Crippen molar-refractivity contribution in [2.24, 2.45) is 0 Å². The second-order valence-corrected chi connectivity index (χ2v) is 6.61. The summed E-state index contributed by atoms with van der Waals surface area (Å²) >= 11 is 0. The number of carboxylic acid groups (broad SMARTS) is 1. The van der Waals surface area contributed by atoms with Crippen molar-refractivity contribution in [1.82, 2.24) is 9.80 Å². The van der Waals surface area contributed by atoms with Gasteiger partial charge in [0, 0.05) is 38.5 Å². The van der Waals surface area contributed by atoms with Gasteiger partial charge in [-0.25, -0.2) is 4.79 Å². The Labute approximate surface area is 131 Å². The van der Waals surface area contributed by atoms with Crippen molar-refractivity contribution < 1.29 is 24.2 Å². The second-order valence-electron chi connectivity index (χ2n) is 6.61. The van der Waals surface area contributed by atoms with Gasteiger partial charge in [-0.15, -0.1) is 0 Å². The van der Waals surface area contributed by atoms with Gasteiger partial charge in [0.15, 0.2) is 0 Å². The fourth-order valence-electron chi connectivity index (χ4n) is 2.35. The van der Waals surface area contributed by atoms with Crippen molar-refractivity contribution in [2.75, 3.05) is 19.6 Å². The number of carboxylic acids is 1. The molecule has 0 spiro atoms. The third-order valence-corrected chi connectivity index (χ3v) is 3.38. The predicted octanol–water partition coefficient (Wildman–Crippen LogP) is 1.71. The highest BCUT2D eigenvalue weighted by molar-refractivity contribution is 5.78. The molecular weight excluding hydrogens is 288 g/mol. The Morgan fingerprint density at radius 2 is 1.82 bits per heavy atom. The first-order chi connectivity index (χ1) is 10.1. The summed E-state index contributed by atoms with van der Waals surface area (Å²) in [5.41, 5.74) is -0.538. The van der Waals surface area contributed by atoms with E-state index < -0.39 is 11.6 Å². The van der Waals surface area contributed by atoms with Crippen LogP contribution in [-0.2, 0) is 14.3 Å². The van der Waals surface area contributed by atoms with Crippen molar-refractivity contribution >= 4 is 18.0 Å². The summed E-state index contributed by atoms with van der Waals surface area (Å²) < 4.78 is 5.33. The Morgan fingerprint density at radius 3 is 2.32 bits per heavy atom. The molecule has 0 bridgehead atoms. The average Bonchev–Trinajstić information content (AvgIpc) is 2.35. The quantitative estimate of drug-likeness (QED) is 0.853. The van der Waals surface area contributed by atoms with Gasteiger partial charge in [-0.3, -0.25) is 9.59 Å². The van der Waals surface area contributed by atoms with E-state index in [1.165, 1.54) is 0 Å². The number of hydrogen-bond donors (Lipinski definition) is 1. The highest BCUT2D eigenvalue weighted by atomic mass is 16.6. The highest BCUT2D eigenvalue weighted by Crippen LogP contribution is 2.16. The fourth-order valence-corrected chi connectivity index (χ4v) is 2.35. The summed E-state index contributed by atoms with van der Waals surface area (Å²) in [6, 6.07) is -0.0985. The molecule has 0 aliphatic carbocycles. The van der Waals surface area contributed by atoms with Gasteiger partial charge in [0.1, 0.15) is 5.60 Å². The van der Waals surface area contributed by atoms with Crippen LogP contribution in [0.1, 0.15) is 47.0 Å². The molecule has 1 atom stereocenters. The summed E-state index contributed by atoms with van der Waals surface area (Å²) in [5.74, 6) is -0.951. The molecule has 0 radical (unpaired) electrons. The number of carbonyl (C=O) groups is 3. The molecule has 1 fully saturated rings. The smallest absolute Gasteiger partial charge is 0.410 e. The Bertz CT molecular complexity index is 430. The van der Waals surface area contributed by atoms with Crippen LogP contribution in [0.25, 0.3) is 0 Å². The molecular formula is C15H26N2O5. The molecule has 7 nitrogen and oxygen atoms in total. The second kappa shape index (κ2) is 7.47. The molecule has 0 unspecified atom stereocenters. The lowest BCUT2D eigenvalue weighted by atomic mass is 10.1. The monoisotopic (exact) mass is 314 g/mol. The van der Waals surface area contributed by atoms with Crippen molar-refractivity contribution in [3.8, 4) is 0 Å². The van der Waals surface area contributed by atoms with Crippen LogP contribution in [0, 0.1) is 0 Å². The molecule has 22 heavy (non-hydrogen) atoms. The van der Waals surface area contributed by atoms with Crippen molar-refractivity contribution in [1.29, 1.82) is 0 Å². The molecule has 0 aromatic heterocycles. The van der Waals surface area contributed by atoms with Crippen LogP contribution < -0.4 is 0 Å². The Kier molecular flexibility index (Phi) is 6.20.